The predicted molar refractivity (Wildman–Crippen MR) is 63.6 cm³/mol. The Morgan fingerprint density at radius 1 is 1.47 bits per heavy atom. The summed E-state index contributed by atoms with van der Waals surface area (Å²) in [6.45, 7) is 4.85. The molecule has 0 heterocycles. The van der Waals surface area contributed by atoms with Crippen LogP contribution in [0.25, 0.3) is 0 Å². The number of rotatable bonds is 4. The van der Waals surface area contributed by atoms with E-state index in [0.717, 1.165) is 29.8 Å². The zero-order chi connectivity index (χ0) is 11.3. The summed E-state index contributed by atoms with van der Waals surface area (Å²) in [4.78, 5) is 4.26. The Balaban J connectivity index is 2.92. The molecule has 15 heavy (non-hydrogen) atoms. The molecule has 0 aromatic heterocycles. The van der Waals surface area contributed by atoms with E-state index >= 15 is 0 Å². The molecule has 1 aromatic rings. The van der Waals surface area contributed by atoms with Crippen molar-refractivity contribution in [3.8, 4) is 5.75 Å². The highest BCUT2D eigenvalue weighted by molar-refractivity contribution is 5.97. The largest absolute Gasteiger partial charge is 0.496 e. The van der Waals surface area contributed by atoms with Crippen molar-refractivity contribution in [2.24, 2.45) is 10.7 Å². The number of nitrogens with zero attached hydrogens (tertiary/aromatic N) is 1. The molecule has 0 amide bonds. The molecule has 0 unspecified atom stereocenters. The first kappa shape index (κ1) is 11.6. The van der Waals surface area contributed by atoms with E-state index in [9.17, 15) is 0 Å². The van der Waals surface area contributed by atoms with Gasteiger partial charge >= 0.3 is 0 Å². The maximum absolute atomic E-state index is 5.85. The van der Waals surface area contributed by atoms with Crippen LogP contribution in [0.2, 0.25) is 0 Å². The molecule has 3 nitrogen and oxygen atoms in total. The third-order valence-electron chi connectivity index (χ3n) is 2.20. The van der Waals surface area contributed by atoms with Gasteiger partial charge in [0.05, 0.1) is 7.11 Å². The van der Waals surface area contributed by atoms with Crippen LogP contribution in [0, 0.1) is 6.92 Å². The van der Waals surface area contributed by atoms with E-state index in [1.807, 2.05) is 25.1 Å². The van der Waals surface area contributed by atoms with E-state index in [2.05, 4.69) is 11.9 Å². The van der Waals surface area contributed by atoms with Crippen LogP contribution in [0.5, 0.6) is 5.75 Å². The van der Waals surface area contributed by atoms with E-state index in [1.165, 1.54) is 0 Å². The average Bonchev–Trinajstić information content (AvgIpc) is 2.25. The van der Waals surface area contributed by atoms with Crippen LogP contribution in [0.15, 0.2) is 23.2 Å². The third-order valence-corrected chi connectivity index (χ3v) is 2.20. The normalized spacial score (nSPS) is 11.5. The molecule has 0 spiro atoms. The number of benzene rings is 1. The van der Waals surface area contributed by atoms with Crippen molar-refractivity contribution >= 4 is 5.84 Å². The fourth-order valence-electron chi connectivity index (χ4n) is 1.36. The minimum atomic E-state index is 0.600. The Morgan fingerprint density at radius 2 is 2.20 bits per heavy atom. The van der Waals surface area contributed by atoms with Crippen LogP contribution in [0.3, 0.4) is 0 Å². The molecule has 0 bridgehead atoms. The number of ether oxygens (including phenoxy) is 1. The Labute approximate surface area is 91.0 Å². The number of aliphatic imine (C=N–C) groups is 1. The van der Waals surface area contributed by atoms with Crippen LogP contribution in [-0.4, -0.2) is 19.5 Å². The van der Waals surface area contributed by atoms with Crippen LogP contribution in [0.1, 0.15) is 24.5 Å². The summed E-state index contributed by atoms with van der Waals surface area (Å²) in [5.41, 5.74) is 7.88. The molecule has 0 radical (unpaired) electrons. The number of hydrogen-bond acceptors (Lipinski definition) is 2. The lowest BCUT2D eigenvalue weighted by Gasteiger charge is -2.06. The molecular weight excluding hydrogens is 188 g/mol. The van der Waals surface area contributed by atoms with Crippen molar-refractivity contribution < 1.29 is 4.74 Å². The Morgan fingerprint density at radius 3 is 2.73 bits per heavy atom. The second-order valence-electron chi connectivity index (χ2n) is 3.45. The Hall–Kier alpha value is -1.51. The van der Waals surface area contributed by atoms with Crippen molar-refractivity contribution in [2.45, 2.75) is 20.3 Å². The molecule has 1 rings (SSSR count). The number of amidine groups is 1. The third kappa shape index (κ3) is 2.98. The van der Waals surface area contributed by atoms with Crippen LogP contribution >= 0.6 is 0 Å². The molecule has 82 valence electrons. The SMILES string of the molecule is CCCN=C(N)c1ccc(OC)c(C)c1. The van der Waals surface area contributed by atoms with Crippen molar-refractivity contribution in [1.29, 1.82) is 0 Å². The number of hydrogen-bond donors (Lipinski definition) is 1. The number of aryl methyl sites for hydroxylation is 1. The van der Waals surface area contributed by atoms with E-state index in [-0.39, 0.29) is 0 Å². The molecule has 0 saturated heterocycles. The lowest BCUT2D eigenvalue weighted by molar-refractivity contribution is 0.411. The summed E-state index contributed by atoms with van der Waals surface area (Å²) in [6.07, 6.45) is 1.01. The summed E-state index contributed by atoms with van der Waals surface area (Å²) in [7, 11) is 1.66. The van der Waals surface area contributed by atoms with Crippen molar-refractivity contribution in [1.82, 2.24) is 0 Å². The second-order valence-corrected chi connectivity index (χ2v) is 3.45. The van der Waals surface area contributed by atoms with Gasteiger partial charge in [0.15, 0.2) is 0 Å². The van der Waals surface area contributed by atoms with Crippen molar-refractivity contribution in [3.63, 3.8) is 0 Å². The monoisotopic (exact) mass is 206 g/mol. The lowest BCUT2D eigenvalue weighted by Crippen LogP contribution is -2.14. The fourth-order valence-corrected chi connectivity index (χ4v) is 1.36. The van der Waals surface area contributed by atoms with Crippen LogP contribution < -0.4 is 10.5 Å². The predicted octanol–water partition coefficient (Wildman–Crippen LogP) is 2.12. The van der Waals surface area contributed by atoms with Gasteiger partial charge in [-0.2, -0.15) is 0 Å². The van der Waals surface area contributed by atoms with Gasteiger partial charge in [-0.25, -0.2) is 0 Å². The summed E-state index contributed by atoms with van der Waals surface area (Å²) < 4.78 is 5.18. The van der Waals surface area contributed by atoms with Gasteiger partial charge in [-0.1, -0.05) is 6.92 Å². The minimum Gasteiger partial charge on any atom is -0.496 e. The first-order valence-corrected chi connectivity index (χ1v) is 5.14. The molecule has 0 aliphatic rings. The smallest absolute Gasteiger partial charge is 0.125 e. The van der Waals surface area contributed by atoms with Gasteiger partial charge in [0.25, 0.3) is 0 Å². The molecule has 1 aromatic carbocycles. The molecule has 0 aliphatic carbocycles. The van der Waals surface area contributed by atoms with E-state index < -0.39 is 0 Å². The molecular formula is C12H18N2O. The van der Waals surface area contributed by atoms with Gasteiger partial charge in [0.1, 0.15) is 11.6 Å². The first-order chi connectivity index (χ1) is 7.19. The highest BCUT2D eigenvalue weighted by atomic mass is 16.5. The van der Waals surface area contributed by atoms with Crippen molar-refractivity contribution in [2.75, 3.05) is 13.7 Å². The highest BCUT2D eigenvalue weighted by Gasteiger charge is 2.02. The molecule has 0 fully saturated rings. The Bertz CT molecular complexity index is 359. The molecule has 2 N–H and O–H groups in total. The van der Waals surface area contributed by atoms with Gasteiger partial charge in [-0.05, 0) is 37.1 Å². The van der Waals surface area contributed by atoms with Gasteiger partial charge in [-0.15, -0.1) is 0 Å². The Kier molecular flexibility index (Phi) is 4.16. The topological polar surface area (TPSA) is 47.6 Å². The number of methoxy groups -OCH3 is 1. The standard InChI is InChI=1S/C12H18N2O/c1-4-7-14-12(13)10-5-6-11(15-3)9(2)8-10/h5-6,8H,4,7H2,1-3H3,(H2,13,14). The maximum Gasteiger partial charge on any atom is 0.125 e. The van der Waals surface area contributed by atoms with Gasteiger partial charge in [0.2, 0.25) is 0 Å². The van der Waals surface area contributed by atoms with Gasteiger partial charge < -0.3 is 10.5 Å². The molecule has 0 aliphatic heterocycles. The van der Waals surface area contributed by atoms with Crippen molar-refractivity contribution in [3.05, 3.63) is 29.3 Å². The summed E-state index contributed by atoms with van der Waals surface area (Å²) in [6, 6.07) is 5.84. The summed E-state index contributed by atoms with van der Waals surface area (Å²) >= 11 is 0. The fraction of sp³-hybridized carbons (Fsp3) is 0.417. The minimum absolute atomic E-state index is 0.600. The van der Waals surface area contributed by atoms with Crippen LogP contribution in [0.4, 0.5) is 0 Å². The molecule has 0 atom stereocenters. The zero-order valence-electron chi connectivity index (χ0n) is 9.58. The zero-order valence-corrected chi connectivity index (χ0v) is 9.58. The second kappa shape index (κ2) is 5.39. The van der Waals surface area contributed by atoms with Gasteiger partial charge in [-0.3, -0.25) is 4.99 Å². The van der Waals surface area contributed by atoms with Crippen LogP contribution in [-0.2, 0) is 0 Å². The first-order valence-electron chi connectivity index (χ1n) is 5.14. The molecule has 0 saturated carbocycles. The number of nitrogens with two attached hydrogens (primary N) is 1. The average molecular weight is 206 g/mol. The van der Waals surface area contributed by atoms with Gasteiger partial charge in [0, 0.05) is 12.1 Å². The summed E-state index contributed by atoms with van der Waals surface area (Å²) in [5.74, 6) is 1.48. The van der Waals surface area contributed by atoms with E-state index in [0.29, 0.717) is 5.84 Å². The summed E-state index contributed by atoms with van der Waals surface area (Å²) in [5, 5.41) is 0. The molecule has 3 heteroatoms. The highest BCUT2D eigenvalue weighted by Crippen LogP contribution is 2.18. The van der Waals surface area contributed by atoms with E-state index in [4.69, 9.17) is 10.5 Å². The van der Waals surface area contributed by atoms with E-state index in [1.54, 1.807) is 7.11 Å². The lowest BCUT2D eigenvalue weighted by atomic mass is 10.1. The quantitative estimate of drug-likeness (QED) is 0.606. The maximum atomic E-state index is 5.85.